The minimum absolute atomic E-state index is 0.166. The van der Waals surface area contributed by atoms with E-state index in [-0.39, 0.29) is 6.04 Å². The first-order valence-corrected chi connectivity index (χ1v) is 7.94. The van der Waals surface area contributed by atoms with E-state index in [4.69, 9.17) is 20.9 Å². The van der Waals surface area contributed by atoms with Crippen LogP contribution in [0.15, 0.2) is 33.7 Å². The van der Waals surface area contributed by atoms with Crippen LogP contribution in [0.2, 0.25) is 5.02 Å². The van der Waals surface area contributed by atoms with Gasteiger partial charge >= 0.3 is 0 Å². The van der Waals surface area contributed by atoms with Gasteiger partial charge in [-0.15, -0.1) is 11.8 Å². The highest BCUT2D eigenvalue weighted by molar-refractivity contribution is 7.98. The smallest absolute Gasteiger partial charge is 0.228 e. The Labute approximate surface area is 133 Å². The van der Waals surface area contributed by atoms with Crippen LogP contribution in [0, 0.1) is 0 Å². The minimum Gasteiger partial charge on any atom is -0.383 e. The van der Waals surface area contributed by atoms with Crippen LogP contribution < -0.4 is 5.32 Å². The molecule has 1 N–H and O–H groups in total. The van der Waals surface area contributed by atoms with Crippen LogP contribution in [0.25, 0.3) is 0 Å². The minimum atomic E-state index is 0.166. The summed E-state index contributed by atoms with van der Waals surface area (Å²) in [6.45, 7) is 0.600. The van der Waals surface area contributed by atoms with Crippen molar-refractivity contribution in [1.29, 1.82) is 0 Å². The topological polar surface area (TPSA) is 60.2 Å². The molecule has 5 nitrogen and oxygen atoms in total. The van der Waals surface area contributed by atoms with E-state index in [0.29, 0.717) is 30.5 Å². The maximum Gasteiger partial charge on any atom is 0.228 e. The summed E-state index contributed by atoms with van der Waals surface area (Å²) in [6.07, 6.45) is 0.647. The molecule has 0 aliphatic carbocycles. The van der Waals surface area contributed by atoms with Crippen LogP contribution in [0.5, 0.6) is 0 Å². The normalized spacial score (nSPS) is 12.5. The number of benzene rings is 1. The summed E-state index contributed by atoms with van der Waals surface area (Å²) < 4.78 is 10.4. The summed E-state index contributed by atoms with van der Waals surface area (Å²) in [5.41, 5.74) is 0. The van der Waals surface area contributed by atoms with Gasteiger partial charge in [-0.3, -0.25) is 0 Å². The predicted octanol–water partition coefficient (Wildman–Crippen LogP) is 2.79. The Kier molecular flexibility index (Phi) is 6.50. The molecule has 1 aromatic heterocycles. The number of nitrogens with one attached hydrogen (secondary N) is 1. The van der Waals surface area contributed by atoms with E-state index >= 15 is 0 Å². The lowest BCUT2D eigenvalue weighted by molar-refractivity contribution is 0.165. The van der Waals surface area contributed by atoms with Gasteiger partial charge in [0, 0.05) is 24.5 Å². The van der Waals surface area contributed by atoms with Gasteiger partial charge in [-0.25, -0.2) is 0 Å². The first kappa shape index (κ1) is 16.3. The van der Waals surface area contributed by atoms with E-state index in [1.807, 2.05) is 31.3 Å². The van der Waals surface area contributed by atoms with Crippen LogP contribution in [-0.4, -0.2) is 36.9 Å². The van der Waals surface area contributed by atoms with Crippen molar-refractivity contribution < 1.29 is 9.26 Å². The molecule has 2 rings (SSSR count). The lowest BCUT2D eigenvalue weighted by Crippen LogP contribution is -2.32. The molecule has 114 valence electrons. The van der Waals surface area contributed by atoms with Crippen LogP contribution in [0.1, 0.15) is 11.7 Å². The standard InChI is InChI=1S/C14H18ClN3O2S/c1-16-10(8-19-2)7-14-17-13(18-20-14)9-21-12-6-4-3-5-11(12)15/h3-6,10,16H,7-9H2,1-2H3. The Hall–Kier alpha value is -1.08. The summed E-state index contributed by atoms with van der Waals surface area (Å²) in [4.78, 5) is 5.40. The zero-order chi connectivity index (χ0) is 15.1. The Morgan fingerprint density at radius 2 is 2.24 bits per heavy atom. The molecule has 0 spiro atoms. The van der Waals surface area contributed by atoms with Crippen molar-refractivity contribution >= 4 is 23.4 Å². The molecular formula is C14H18ClN3O2S. The van der Waals surface area contributed by atoms with E-state index in [2.05, 4.69) is 15.5 Å². The second-order valence-electron chi connectivity index (χ2n) is 4.47. The average Bonchev–Trinajstić information content (AvgIpc) is 2.93. The van der Waals surface area contributed by atoms with Gasteiger partial charge in [0.25, 0.3) is 0 Å². The van der Waals surface area contributed by atoms with Crippen molar-refractivity contribution in [1.82, 2.24) is 15.5 Å². The molecule has 1 aromatic carbocycles. The van der Waals surface area contributed by atoms with Gasteiger partial charge in [0.15, 0.2) is 5.82 Å². The van der Waals surface area contributed by atoms with Crippen LogP contribution in [0.3, 0.4) is 0 Å². The number of thioether (sulfide) groups is 1. The number of hydrogen-bond acceptors (Lipinski definition) is 6. The molecule has 0 aliphatic rings. The Bertz CT molecular complexity index is 565. The molecule has 1 heterocycles. The molecule has 0 radical (unpaired) electrons. The number of ether oxygens (including phenoxy) is 1. The van der Waals surface area contributed by atoms with E-state index in [9.17, 15) is 0 Å². The second kappa shape index (κ2) is 8.38. The highest BCUT2D eigenvalue weighted by Gasteiger charge is 2.13. The predicted molar refractivity (Wildman–Crippen MR) is 83.7 cm³/mol. The molecule has 21 heavy (non-hydrogen) atoms. The molecule has 1 atom stereocenters. The third-order valence-corrected chi connectivity index (χ3v) is 4.41. The highest BCUT2D eigenvalue weighted by Crippen LogP contribution is 2.28. The summed E-state index contributed by atoms with van der Waals surface area (Å²) in [7, 11) is 3.55. The number of nitrogens with zero attached hydrogens (tertiary/aromatic N) is 2. The summed E-state index contributed by atoms with van der Waals surface area (Å²) in [6, 6.07) is 7.88. The first-order chi connectivity index (χ1) is 10.2. The van der Waals surface area contributed by atoms with Gasteiger partial charge < -0.3 is 14.6 Å². The number of methoxy groups -OCH3 is 1. The van der Waals surface area contributed by atoms with Crippen molar-refractivity contribution in [3.63, 3.8) is 0 Å². The maximum absolute atomic E-state index is 6.11. The zero-order valence-corrected chi connectivity index (χ0v) is 13.6. The molecular weight excluding hydrogens is 310 g/mol. The largest absolute Gasteiger partial charge is 0.383 e. The molecule has 2 aromatic rings. The Morgan fingerprint density at radius 3 is 2.95 bits per heavy atom. The maximum atomic E-state index is 6.11. The highest BCUT2D eigenvalue weighted by atomic mass is 35.5. The fraction of sp³-hybridized carbons (Fsp3) is 0.429. The number of likely N-dealkylation sites (N-methyl/N-ethyl adjacent to an activating group) is 1. The van der Waals surface area contributed by atoms with Gasteiger partial charge in [-0.05, 0) is 19.2 Å². The third kappa shape index (κ3) is 5.00. The van der Waals surface area contributed by atoms with Crippen LogP contribution in [-0.2, 0) is 16.9 Å². The number of rotatable bonds is 8. The van der Waals surface area contributed by atoms with Crippen molar-refractivity contribution in [2.24, 2.45) is 0 Å². The number of aromatic nitrogens is 2. The second-order valence-corrected chi connectivity index (χ2v) is 5.89. The van der Waals surface area contributed by atoms with Gasteiger partial charge in [0.1, 0.15) is 0 Å². The average molecular weight is 328 g/mol. The molecule has 0 bridgehead atoms. The van der Waals surface area contributed by atoms with Gasteiger partial charge in [-0.1, -0.05) is 28.9 Å². The SMILES string of the molecule is CNC(COC)Cc1nc(CSc2ccccc2Cl)no1. The molecule has 0 aliphatic heterocycles. The summed E-state index contributed by atoms with van der Waals surface area (Å²) in [5.74, 6) is 1.91. The molecule has 0 saturated carbocycles. The van der Waals surface area contributed by atoms with Crippen molar-refractivity contribution in [2.45, 2.75) is 23.1 Å². The van der Waals surface area contributed by atoms with Gasteiger partial charge in [0.2, 0.25) is 5.89 Å². The fourth-order valence-electron chi connectivity index (χ4n) is 1.79. The lowest BCUT2D eigenvalue weighted by Gasteiger charge is -2.11. The molecule has 0 saturated heterocycles. The summed E-state index contributed by atoms with van der Waals surface area (Å²) in [5, 5.41) is 7.88. The molecule has 1 unspecified atom stereocenters. The Morgan fingerprint density at radius 1 is 1.43 bits per heavy atom. The fourth-order valence-corrected chi connectivity index (χ4v) is 2.87. The van der Waals surface area contributed by atoms with Gasteiger partial charge in [-0.2, -0.15) is 4.98 Å². The zero-order valence-electron chi connectivity index (χ0n) is 12.0. The molecule has 7 heteroatoms. The van der Waals surface area contributed by atoms with E-state index in [1.54, 1.807) is 18.9 Å². The van der Waals surface area contributed by atoms with Gasteiger partial charge in [0.05, 0.1) is 17.4 Å². The summed E-state index contributed by atoms with van der Waals surface area (Å²) >= 11 is 7.70. The van der Waals surface area contributed by atoms with Crippen molar-refractivity contribution in [3.8, 4) is 0 Å². The third-order valence-electron chi connectivity index (χ3n) is 2.90. The van der Waals surface area contributed by atoms with Crippen molar-refractivity contribution in [3.05, 3.63) is 41.0 Å². The first-order valence-electron chi connectivity index (χ1n) is 6.58. The van der Waals surface area contributed by atoms with Crippen LogP contribution in [0.4, 0.5) is 0 Å². The molecule has 0 fully saturated rings. The van der Waals surface area contributed by atoms with Crippen molar-refractivity contribution in [2.75, 3.05) is 20.8 Å². The van der Waals surface area contributed by atoms with Crippen LogP contribution >= 0.6 is 23.4 Å². The monoisotopic (exact) mass is 327 g/mol. The quantitative estimate of drug-likeness (QED) is 0.752. The van der Waals surface area contributed by atoms with E-state index in [1.165, 1.54) is 0 Å². The molecule has 0 amide bonds. The van der Waals surface area contributed by atoms with E-state index < -0.39 is 0 Å². The lowest BCUT2D eigenvalue weighted by atomic mass is 10.2. The van der Waals surface area contributed by atoms with E-state index in [0.717, 1.165) is 9.92 Å². The number of halogens is 1. The number of hydrogen-bond donors (Lipinski definition) is 1. The Balaban J connectivity index is 1.90.